The second-order valence-electron chi connectivity index (χ2n) is 8.10. The Morgan fingerprint density at radius 1 is 1.20 bits per heavy atom. The molecule has 20 heavy (non-hydrogen) atoms. The van der Waals surface area contributed by atoms with Crippen molar-refractivity contribution < 1.29 is 9.53 Å². The zero-order valence-electron chi connectivity index (χ0n) is 14.0. The number of carbonyl (C=O) groups excluding carboxylic acids is 1. The first-order valence-corrected chi connectivity index (χ1v) is 7.77. The van der Waals surface area contributed by atoms with E-state index in [1.54, 1.807) is 0 Å². The van der Waals surface area contributed by atoms with E-state index >= 15 is 0 Å². The van der Waals surface area contributed by atoms with Crippen LogP contribution in [0.15, 0.2) is 0 Å². The molecule has 1 saturated carbocycles. The van der Waals surface area contributed by atoms with E-state index in [2.05, 4.69) is 31.4 Å². The van der Waals surface area contributed by atoms with Crippen molar-refractivity contribution in [3.63, 3.8) is 0 Å². The third-order valence-corrected chi connectivity index (χ3v) is 3.31. The highest BCUT2D eigenvalue weighted by molar-refractivity contribution is 5.68. The molecule has 0 heterocycles. The second-order valence-corrected chi connectivity index (χ2v) is 8.10. The van der Waals surface area contributed by atoms with Crippen LogP contribution in [0.5, 0.6) is 0 Å². The van der Waals surface area contributed by atoms with Gasteiger partial charge in [-0.05, 0) is 57.9 Å². The average molecular weight is 284 g/mol. The van der Waals surface area contributed by atoms with Gasteiger partial charge in [0.1, 0.15) is 5.60 Å². The van der Waals surface area contributed by atoms with E-state index < -0.39 is 5.60 Å². The molecule has 0 aromatic carbocycles. The third-order valence-electron chi connectivity index (χ3n) is 3.31. The van der Waals surface area contributed by atoms with Gasteiger partial charge in [-0.15, -0.1) is 0 Å². The number of carbonyl (C=O) groups is 1. The summed E-state index contributed by atoms with van der Waals surface area (Å²) >= 11 is 0. The molecule has 1 amide bonds. The lowest BCUT2D eigenvalue weighted by Gasteiger charge is -2.24. The van der Waals surface area contributed by atoms with E-state index in [9.17, 15) is 4.79 Å². The first-order chi connectivity index (χ1) is 9.07. The Bertz CT molecular complexity index is 311. The quantitative estimate of drug-likeness (QED) is 0.736. The van der Waals surface area contributed by atoms with E-state index in [0.29, 0.717) is 11.3 Å². The SMILES string of the molecule is CC(C)(C)CCNCC(NC(=O)OC(C)(C)C)C1CC1. The lowest BCUT2D eigenvalue weighted by molar-refractivity contribution is 0.0497. The molecule has 0 spiro atoms. The molecular weight excluding hydrogens is 252 g/mol. The van der Waals surface area contributed by atoms with Crippen LogP contribution < -0.4 is 10.6 Å². The van der Waals surface area contributed by atoms with E-state index in [-0.39, 0.29) is 12.1 Å². The Balaban J connectivity index is 2.29. The lowest BCUT2D eigenvalue weighted by atomic mass is 9.92. The van der Waals surface area contributed by atoms with Crippen molar-refractivity contribution in [1.29, 1.82) is 0 Å². The van der Waals surface area contributed by atoms with Crippen molar-refractivity contribution >= 4 is 6.09 Å². The van der Waals surface area contributed by atoms with Crippen molar-refractivity contribution in [2.24, 2.45) is 11.3 Å². The summed E-state index contributed by atoms with van der Waals surface area (Å²) in [5.41, 5.74) is -0.0848. The highest BCUT2D eigenvalue weighted by atomic mass is 16.6. The van der Waals surface area contributed by atoms with E-state index in [4.69, 9.17) is 4.74 Å². The smallest absolute Gasteiger partial charge is 0.407 e. The highest BCUT2D eigenvalue weighted by Gasteiger charge is 2.33. The van der Waals surface area contributed by atoms with Crippen LogP contribution in [0.1, 0.15) is 60.8 Å². The first-order valence-electron chi connectivity index (χ1n) is 7.77. The van der Waals surface area contributed by atoms with Crippen LogP contribution in [0.4, 0.5) is 4.79 Å². The maximum atomic E-state index is 11.8. The number of nitrogens with one attached hydrogen (secondary N) is 2. The van der Waals surface area contributed by atoms with Gasteiger partial charge < -0.3 is 15.4 Å². The Hall–Kier alpha value is -0.770. The number of hydrogen-bond acceptors (Lipinski definition) is 3. The van der Waals surface area contributed by atoms with Crippen LogP contribution in [-0.4, -0.2) is 30.8 Å². The van der Waals surface area contributed by atoms with Gasteiger partial charge in [0.25, 0.3) is 0 Å². The van der Waals surface area contributed by atoms with Crippen molar-refractivity contribution in [2.75, 3.05) is 13.1 Å². The molecule has 0 bridgehead atoms. The molecule has 4 heteroatoms. The summed E-state index contributed by atoms with van der Waals surface area (Å²) < 4.78 is 5.33. The van der Waals surface area contributed by atoms with Gasteiger partial charge in [-0.2, -0.15) is 0 Å². The van der Waals surface area contributed by atoms with Crippen molar-refractivity contribution in [2.45, 2.75) is 72.4 Å². The number of hydrogen-bond donors (Lipinski definition) is 2. The zero-order valence-corrected chi connectivity index (χ0v) is 14.0. The summed E-state index contributed by atoms with van der Waals surface area (Å²) in [5.74, 6) is 0.615. The number of alkyl carbamates (subject to hydrolysis) is 1. The molecule has 1 fully saturated rings. The molecule has 4 nitrogen and oxygen atoms in total. The standard InChI is InChI=1S/C16H32N2O2/c1-15(2,3)9-10-17-11-13(12-7-8-12)18-14(19)20-16(4,5)6/h12-13,17H,7-11H2,1-6H3,(H,18,19). The molecule has 1 aliphatic carbocycles. The van der Waals surface area contributed by atoms with Crippen molar-refractivity contribution in [1.82, 2.24) is 10.6 Å². The maximum absolute atomic E-state index is 11.8. The maximum Gasteiger partial charge on any atom is 0.407 e. The average Bonchev–Trinajstić information content (AvgIpc) is 3.01. The summed E-state index contributed by atoms with van der Waals surface area (Å²) in [4.78, 5) is 11.8. The van der Waals surface area contributed by atoms with Crippen LogP contribution in [-0.2, 0) is 4.74 Å². The van der Waals surface area contributed by atoms with Crippen molar-refractivity contribution in [3.05, 3.63) is 0 Å². The zero-order chi connectivity index (χ0) is 15.4. The van der Waals surface area contributed by atoms with Crippen molar-refractivity contribution in [3.8, 4) is 0 Å². The molecule has 1 rings (SSSR count). The molecular formula is C16H32N2O2. The van der Waals surface area contributed by atoms with E-state index in [0.717, 1.165) is 19.5 Å². The fraction of sp³-hybridized carbons (Fsp3) is 0.938. The molecule has 2 N–H and O–H groups in total. The molecule has 0 radical (unpaired) electrons. The van der Waals surface area contributed by atoms with Crippen LogP contribution >= 0.6 is 0 Å². The van der Waals surface area contributed by atoms with Gasteiger partial charge in [0, 0.05) is 12.6 Å². The van der Waals surface area contributed by atoms with Gasteiger partial charge >= 0.3 is 6.09 Å². The summed E-state index contributed by atoms with van der Waals surface area (Å²) in [6.07, 6.45) is 3.26. The second kappa shape index (κ2) is 6.79. The molecule has 118 valence electrons. The van der Waals surface area contributed by atoms with Gasteiger partial charge in [0.2, 0.25) is 0 Å². The Kier molecular flexibility index (Phi) is 5.87. The van der Waals surface area contributed by atoms with Crippen LogP contribution in [0.3, 0.4) is 0 Å². The lowest BCUT2D eigenvalue weighted by Crippen LogP contribution is -2.45. The highest BCUT2D eigenvalue weighted by Crippen LogP contribution is 2.32. The Labute approximate surface area is 124 Å². The van der Waals surface area contributed by atoms with Gasteiger partial charge in [-0.3, -0.25) is 0 Å². The molecule has 1 aliphatic rings. The van der Waals surface area contributed by atoms with Gasteiger partial charge in [-0.25, -0.2) is 4.79 Å². The molecule has 0 aromatic heterocycles. The Morgan fingerprint density at radius 2 is 1.80 bits per heavy atom. The predicted molar refractivity (Wildman–Crippen MR) is 82.8 cm³/mol. The summed E-state index contributed by atoms with van der Waals surface area (Å²) in [6.45, 7) is 14.2. The van der Waals surface area contributed by atoms with Gasteiger partial charge in [0.15, 0.2) is 0 Å². The fourth-order valence-corrected chi connectivity index (χ4v) is 2.01. The largest absolute Gasteiger partial charge is 0.444 e. The molecule has 0 saturated heterocycles. The molecule has 0 aliphatic heterocycles. The van der Waals surface area contributed by atoms with Crippen LogP contribution in [0.25, 0.3) is 0 Å². The topological polar surface area (TPSA) is 50.4 Å². The molecule has 1 atom stereocenters. The van der Waals surface area contributed by atoms with Crippen LogP contribution in [0.2, 0.25) is 0 Å². The fourth-order valence-electron chi connectivity index (χ4n) is 2.01. The minimum atomic E-state index is -0.433. The van der Waals surface area contributed by atoms with Crippen LogP contribution in [0, 0.1) is 11.3 Å². The minimum Gasteiger partial charge on any atom is -0.444 e. The van der Waals surface area contributed by atoms with Gasteiger partial charge in [-0.1, -0.05) is 20.8 Å². The minimum absolute atomic E-state index is 0.199. The Morgan fingerprint density at radius 3 is 2.25 bits per heavy atom. The van der Waals surface area contributed by atoms with Gasteiger partial charge in [0.05, 0.1) is 0 Å². The molecule has 0 aromatic rings. The monoisotopic (exact) mass is 284 g/mol. The molecule has 1 unspecified atom stereocenters. The number of amides is 1. The summed E-state index contributed by atoms with van der Waals surface area (Å²) in [6, 6.07) is 0.199. The number of ether oxygens (including phenoxy) is 1. The normalized spacial score (nSPS) is 17.7. The third kappa shape index (κ3) is 8.41. The predicted octanol–water partition coefficient (Wildman–Crippen LogP) is 3.32. The van der Waals surface area contributed by atoms with E-state index in [1.165, 1.54) is 12.8 Å². The van der Waals surface area contributed by atoms with E-state index in [1.807, 2.05) is 20.8 Å². The summed E-state index contributed by atoms with van der Waals surface area (Å²) in [5, 5.41) is 6.47. The summed E-state index contributed by atoms with van der Waals surface area (Å²) in [7, 11) is 0. The first kappa shape index (κ1) is 17.3. The number of rotatable bonds is 6.